The fourth-order valence-electron chi connectivity index (χ4n) is 4.13. The van der Waals surface area contributed by atoms with Crippen molar-refractivity contribution in [2.45, 2.75) is 5.92 Å². The van der Waals surface area contributed by atoms with Crippen molar-refractivity contribution in [3.8, 4) is 17.0 Å². The summed E-state index contributed by atoms with van der Waals surface area (Å²) < 4.78 is 0. The Bertz CT molecular complexity index is 1240. The third-order valence-corrected chi connectivity index (χ3v) is 5.46. The quantitative estimate of drug-likeness (QED) is 0.359. The average Bonchev–Trinajstić information content (AvgIpc) is 3.16. The minimum absolute atomic E-state index is 0.0446. The van der Waals surface area contributed by atoms with Crippen LogP contribution < -0.4 is 0 Å². The van der Waals surface area contributed by atoms with E-state index in [1.165, 1.54) is 22.1 Å². The van der Waals surface area contributed by atoms with Crippen molar-refractivity contribution in [3.63, 3.8) is 0 Å². The van der Waals surface area contributed by atoms with Gasteiger partial charge in [0, 0.05) is 16.8 Å². The zero-order valence-corrected chi connectivity index (χ0v) is 15.9. The number of aromatic hydroxyl groups is 1. The Labute approximate surface area is 170 Å². The molecule has 0 spiro atoms. The Balaban J connectivity index is 1.83. The van der Waals surface area contributed by atoms with Gasteiger partial charge in [0.2, 0.25) is 0 Å². The number of rotatable bonds is 4. The molecule has 1 heterocycles. The fraction of sp³-hybridized carbons (Fsp3) is 0.0370. The number of benzene rings is 4. The SMILES string of the molecule is Oc1ccc(C(c2ccccc2)c2c(-c3ccccc3)[nH]c3ccccc23)cc1. The van der Waals surface area contributed by atoms with Crippen LogP contribution in [0.3, 0.4) is 0 Å². The van der Waals surface area contributed by atoms with Gasteiger partial charge in [-0.05, 0) is 40.5 Å². The number of aromatic amines is 1. The number of aromatic nitrogens is 1. The largest absolute Gasteiger partial charge is 0.508 e. The molecule has 0 bridgehead atoms. The summed E-state index contributed by atoms with van der Waals surface area (Å²) in [6, 6.07) is 37.1. The highest BCUT2D eigenvalue weighted by atomic mass is 16.3. The third-order valence-electron chi connectivity index (χ3n) is 5.46. The average molecular weight is 375 g/mol. The van der Waals surface area contributed by atoms with Crippen molar-refractivity contribution >= 4 is 10.9 Å². The number of hydrogen-bond donors (Lipinski definition) is 2. The van der Waals surface area contributed by atoms with Crippen molar-refractivity contribution in [2.24, 2.45) is 0 Å². The lowest BCUT2D eigenvalue weighted by atomic mass is 9.82. The molecule has 0 aliphatic rings. The van der Waals surface area contributed by atoms with Crippen LogP contribution in [0.5, 0.6) is 5.75 Å². The molecule has 29 heavy (non-hydrogen) atoms. The molecule has 140 valence electrons. The topological polar surface area (TPSA) is 36.0 Å². The third kappa shape index (κ3) is 3.19. The molecular weight excluding hydrogens is 354 g/mol. The molecule has 1 unspecified atom stereocenters. The number of phenolic OH excluding ortho intramolecular Hbond substituents is 1. The molecule has 1 atom stereocenters. The van der Waals surface area contributed by atoms with Gasteiger partial charge >= 0.3 is 0 Å². The summed E-state index contributed by atoms with van der Waals surface area (Å²) in [5.41, 5.74) is 7.05. The van der Waals surface area contributed by atoms with Gasteiger partial charge in [0.05, 0.1) is 5.69 Å². The maximum absolute atomic E-state index is 9.84. The normalized spacial score (nSPS) is 12.1. The van der Waals surface area contributed by atoms with Gasteiger partial charge in [-0.25, -0.2) is 0 Å². The van der Waals surface area contributed by atoms with E-state index >= 15 is 0 Å². The Morgan fingerprint density at radius 3 is 1.90 bits per heavy atom. The van der Waals surface area contributed by atoms with Crippen LogP contribution in [0, 0.1) is 0 Å². The van der Waals surface area contributed by atoms with E-state index in [1.54, 1.807) is 12.1 Å². The van der Waals surface area contributed by atoms with E-state index in [1.807, 2.05) is 24.3 Å². The summed E-state index contributed by atoms with van der Waals surface area (Å²) in [6.45, 7) is 0. The first-order chi connectivity index (χ1) is 14.3. The highest BCUT2D eigenvalue weighted by Gasteiger charge is 2.24. The summed E-state index contributed by atoms with van der Waals surface area (Å²) in [7, 11) is 0. The first kappa shape index (κ1) is 17.3. The monoisotopic (exact) mass is 375 g/mol. The maximum Gasteiger partial charge on any atom is 0.115 e. The summed E-state index contributed by atoms with van der Waals surface area (Å²) in [5.74, 6) is 0.325. The van der Waals surface area contributed by atoms with Crippen molar-refractivity contribution in [3.05, 3.63) is 126 Å². The molecule has 2 N–H and O–H groups in total. The summed E-state index contributed by atoms with van der Waals surface area (Å²) in [4.78, 5) is 3.66. The highest BCUT2D eigenvalue weighted by molar-refractivity contribution is 5.92. The van der Waals surface area contributed by atoms with Crippen LogP contribution in [0.2, 0.25) is 0 Å². The minimum atomic E-state index is 0.0446. The van der Waals surface area contributed by atoms with Crippen LogP contribution in [0.4, 0.5) is 0 Å². The van der Waals surface area contributed by atoms with Gasteiger partial charge in [-0.3, -0.25) is 0 Å². The lowest BCUT2D eigenvalue weighted by Gasteiger charge is -2.20. The lowest BCUT2D eigenvalue weighted by Crippen LogP contribution is -2.04. The molecule has 0 fully saturated rings. The predicted molar refractivity (Wildman–Crippen MR) is 119 cm³/mol. The van der Waals surface area contributed by atoms with Gasteiger partial charge in [0.1, 0.15) is 5.75 Å². The Hall–Kier alpha value is -3.78. The number of H-pyrrole nitrogens is 1. The molecule has 0 aliphatic carbocycles. The smallest absolute Gasteiger partial charge is 0.115 e. The molecule has 0 radical (unpaired) electrons. The molecule has 2 nitrogen and oxygen atoms in total. The van der Waals surface area contributed by atoms with Crippen LogP contribution in [0.25, 0.3) is 22.2 Å². The van der Waals surface area contributed by atoms with Crippen LogP contribution in [-0.4, -0.2) is 10.1 Å². The number of phenols is 1. The molecule has 0 aliphatic heterocycles. The fourth-order valence-corrected chi connectivity index (χ4v) is 4.13. The van der Waals surface area contributed by atoms with Gasteiger partial charge in [0.25, 0.3) is 0 Å². The van der Waals surface area contributed by atoms with Gasteiger partial charge in [-0.1, -0.05) is 91.0 Å². The molecule has 1 aromatic heterocycles. The number of fused-ring (bicyclic) bond motifs is 1. The molecule has 5 aromatic rings. The highest BCUT2D eigenvalue weighted by Crippen LogP contribution is 2.42. The van der Waals surface area contributed by atoms with E-state index in [0.29, 0.717) is 0 Å². The molecule has 0 saturated carbocycles. The molecule has 0 saturated heterocycles. The first-order valence-corrected chi connectivity index (χ1v) is 9.81. The minimum Gasteiger partial charge on any atom is -0.508 e. The van der Waals surface area contributed by atoms with E-state index in [9.17, 15) is 5.11 Å². The van der Waals surface area contributed by atoms with Crippen LogP contribution in [0.15, 0.2) is 109 Å². The maximum atomic E-state index is 9.84. The van der Waals surface area contributed by atoms with Crippen molar-refractivity contribution in [1.29, 1.82) is 0 Å². The van der Waals surface area contributed by atoms with Crippen molar-refractivity contribution in [2.75, 3.05) is 0 Å². The van der Waals surface area contributed by atoms with Crippen LogP contribution >= 0.6 is 0 Å². The van der Waals surface area contributed by atoms with Crippen molar-refractivity contribution in [1.82, 2.24) is 4.98 Å². The molecule has 4 aromatic carbocycles. The lowest BCUT2D eigenvalue weighted by molar-refractivity contribution is 0.475. The summed E-state index contributed by atoms with van der Waals surface area (Å²) >= 11 is 0. The van der Waals surface area contributed by atoms with E-state index in [2.05, 4.69) is 77.8 Å². The van der Waals surface area contributed by atoms with E-state index < -0.39 is 0 Å². The van der Waals surface area contributed by atoms with Gasteiger partial charge in [-0.15, -0.1) is 0 Å². The number of hydrogen-bond acceptors (Lipinski definition) is 1. The van der Waals surface area contributed by atoms with Gasteiger partial charge in [0.15, 0.2) is 0 Å². The second kappa shape index (κ2) is 7.33. The second-order valence-electron chi connectivity index (χ2n) is 7.26. The van der Waals surface area contributed by atoms with E-state index in [-0.39, 0.29) is 11.7 Å². The first-order valence-electron chi connectivity index (χ1n) is 9.81. The second-order valence-corrected chi connectivity index (χ2v) is 7.26. The summed E-state index contributed by atoms with van der Waals surface area (Å²) in [6.07, 6.45) is 0. The molecule has 2 heteroatoms. The van der Waals surface area contributed by atoms with Gasteiger partial charge in [-0.2, -0.15) is 0 Å². The number of nitrogens with one attached hydrogen (secondary N) is 1. The Morgan fingerprint density at radius 2 is 1.17 bits per heavy atom. The summed E-state index contributed by atoms with van der Waals surface area (Å²) in [5, 5.41) is 11.1. The van der Waals surface area contributed by atoms with Gasteiger partial charge < -0.3 is 10.1 Å². The van der Waals surface area contributed by atoms with Crippen LogP contribution in [-0.2, 0) is 0 Å². The van der Waals surface area contributed by atoms with Crippen LogP contribution in [0.1, 0.15) is 22.6 Å². The van der Waals surface area contributed by atoms with E-state index in [0.717, 1.165) is 16.8 Å². The zero-order chi connectivity index (χ0) is 19.6. The van der Waals surface area contributed by atoms with E-state index in [4.69, 9.17) is 0 Å². The Morgan fingerprint density at radius 1 is 0.586 bits per heavy atom. The number of para-hydroxylation sites is 1. The standard InChI is InChI=1S/C27H21NO/c29-22-17-15-20(16-18-22)25(19-9-3-1-4-10-19)26-23-13-7-8-14-24(23)28-27(26)21-11-5-2-6-12-21/h1-18,25,28-29H. The Kier molecular flexibility index (Phi) is 4.38. The zero-order valence-electron chi connectivity index (χ0n) is 15.9. The molecular formula is C27H21NO. The molecule has 0 amide bonds. The van der Waals surface area contributed by atoms with Crippen molar-refractivity contribution < 1.29 is 5.11 Å². The predicted octanol–water partition coefficient (Wildman–Crippen LogP) is 6.72. The molecule has 5 rings (SSSR count).